The minimum Gasteiger partial charge on any atom is -0.463 e. The van der Waals surface area contributed by atoms with Gasteiger partial charge in [-0.2, -0.15) is 0 Å². The summed E-state index contributed by atoms with van der Waals surface area (Å²) in [7, 11) is -9.80. The van der Waals surface area contributed by atoms with Crippen molar-refractivity contribution in [3.05, 3.63) is 122 Å². The molecule has 5 unspecified atom stereocenters. The number of unbranched alkanes of at least 4 members (excludes halogenated alkanes) is 38. The number of hydrogen-bond donors (Lipinski definition) is 4. The van der Waals surface area contributed by atoms with E-state index in [0.717, 1.165) is 116 Å². The lowest BCUT2D eigenvalue weighted by Gasteiger charge is -2.21. The lowest BCUT2D eigenvalue weighted by atomic mass is 10.0. The van der Waals surface area contributed by atoms with Crippen LogP contribution >= 0.6 is 15.6 Å². The first-order chi connectivity index (χ1) is 52.2. The smallest absolute Gasteiger partial charge is 0.463 e. The summed E-state index contributed by atoms with van der Waals surface area (Å²) in [5.74, 6) is -1.61. The molecule has 16 nitrogen and oxygen atoms in total. The summed E-state index contributed by atoms with van der Waals surface area (Å²) in [6.45, 7) is 2.53. The maximum absolute atomic E-state index is 13.0. The number of rotatable bonds is 81. The zero-order valence-corrected chi connectivity index (χ0v) is 69.6. The van der Waals surface area contributed by atoms with Gasteiger partial charge in [0.05, 0.1) is 26.4 Å². The van der Waals surface area contributed by atoms with Crippen LogP contribution in [0, 0.1) is 0 Å². The maximum Gasteiger partial charge on any atom is 0.472 e. The third kappa shape index (κ3) is 82.7. The lowest BCUT2D eigenvalue weighted by Crippen LogP contribution is -2.30. The topological polar surface area (TPSA) is 231 Å². The van der Waals surface area contributed by atoms with Gasteiger partial charge in [0, 0.05) is 19.3 Å². The summed E-state index contributed by atoms with van der Waals surface area (Å²) in [4.78, 5) is 58.7. The Labute approximate surface area is 653 Å². The van der Waals surface area contributed by atoms with Crippen molar-refractivity contribution in [3.63, 3.8) is 0 Å². The Kier molecular flexibility index (Phi) is 78.4. The van der Waals surface area contributed by atoms with Gasteiger partial charge in [-0.25, -0.2) is 9.13 Å². The van der Waals surface area contributed by atoms with Crippen molar-refractivity contribution >= 4 is 33.6 Å². The predicted molar refractivity (Wildman–Crippen MR) is 445 cm³/mol. The Balaban J connectivity index is 4.43. The van der Waals surface area contributed by atoms with Crippen LogP contribution in [-0.2, 0) is 55.8 Å². The normalized spacial score (nSPS) is 14.5. The van der Waals surface area contributed by atoms with Crippen molar-refractivity contribution in [2.45, 2.75) is 386 Å². The van der Waals surface area contributed by atoms with Gasteiger partial charge in [0.2, 0.25) is 0 Å². The highest BCUT2D eigenvalue weighted by molar-refractivity contribution is 7.47. The molecule has 0 fully saturated rings. The first kappa shape index (κ1) is 103. The molecule has 0 amide bonds. The number of ether oxygens (including phenoxy) is 3. The molecule has 0 radical (unpaired) electrons. The molecule has 5 atom stereocenters. The third-order valence-corrected chi connectivity index (χ3v) is 20.1. The second kappa shape index (κ2) is 81.4. The van der Waals surface area contributed by atoms with Crippen LogP contribution < -0.4 is 0 Å². The Bertz CT molecular complexity index is 2430. The number of aliphatic hydroxyl groups excluding tert-OH is 2. The Morgan fingerprint density at radius 1 is 0.271 bits per heavy atom. The molecule has 0 saturated carbocycles. The number of carbonyl (C=O) groups is 3. The van der Waals surface area contributed by atoms with E-state index in [1.807, 2.05) is 0 Å². The second-order valence-corrected chi connectivity index (χ2v) is 31.5. The van der Waals surface area contributed by atoms with E-state index < -0.39 is 91.5 Å². The molecule has 0 aromatic heterocycles. The van der Waals surface area contributed by atoms with Gasteiger partial charge in [0.15, 0.2) is 6.10 Å². The van der Waals surface area contributed by atoms with Gasteiger partial charge in [0.1, 0.15) is 25.4 Å². The molecule has 0 aliphatic heterocycles. The molecule has 107 heavy (non-hydrogen) atoms. The highest BCUT2D eigenvalue weighted by Gasteiger charge is 2.29. The molecule has 0 aliphatic carbocycles. The summed E-state index contributed by atoms with van der Waals surface area (Å²) >= 11 is 0. The summed E-state index contributed by atoms with van der Waals surface area (Å²) in [5.41, 5.74) is 0. The second-order valence-electron chi connectivity index (χ2n) is 28.6. The molecule has 618 valence electrons. The number of hydrogen-bond acceptors (Lipinski definition) is 14. The van der Waals surface area contributed by atoms with Crippen LogP contribution in [0.5, 0.6) is 0 Å². The fraction of sp³-hybridized carbons (Fsp3) is 0.742. The van der Waals surface area contributed by atoms with E-state index >= 15 is 0 Å². The van der Waals surface area contributed by atoms with Crippen LogP contribution in [0.15, 0.2) is 122 Å². The first-order valence-electron chi connectivity index (χ1n) is 42.8. The van der Waals surface area contributed by atoms with Crippen LogP contribution in [0.25, 0.3) is 0 Å². The molecule has 0 aromatic carbocycles. The number of esters is 3. The van der Waals surface area contributed by atoms with E-state index in [1.54, 1.807) is 0 Å². The maximum atomic E-state index is 13.0. The molecule has 0 bridgehead atoms. The van der Waals surface area contributed by atoms with Crippen LogP contribution in [0.3, 0.4) is 0 Å². The van der Waals surface area contributed by atoms with Crippen LogP contribution in [-0.4, -0.2) is 95.9 Å². The average molecular weight is 1540 g/mol. The summed E-state index contributed by atoms with van der Waals surface area (Å²) in [5, 5.41) is 20.7. The summed E-state index contributed by atoms with van der Waals surface area (Å²) in [6.07, 6.45) is 98.4. The molecule has 0 rings (SSSR count). The average Bonchev–Trinajstić information content (AvgIpc) is 1.01. The molecule has 0 heterocycles. The van der Waals surface area contributed by atoms with Gasteiger partial charge >= 0.3 is 33.6 Å². The Morgan fingerprint density at radius 2 is 0.495 bits per heavy atom. The fourth-order valence-corrected chi connectivity index (χ4v) is 13.3. The van der Waals surface area contributed by atoms with E-state index in [1.165, 1.54) is 193 Å². The number of phosphoric acid groups is 2. The summed E-state index contributed by atoms with van der Waals surface area (Å²) in [6, 6.07) is 0. The van der Waals surface area contributed by atoms with Crippen molar-refractivity contribution < 1.29 is 75.8 Å². The predicted octanol–water partition coefficient (Wildman–Crippen LogP) is 25.7. The van der Waals surface area contributed by atoms with Crippen LogP contribution in [0.4, 0.5) is 0 Å². The largest absolute Gasteiger partial charge is 0.472 e. The van der Waals surface area contributed by atoms with E-state index in [2.05, 4.69) is 142 Å². The third-order valence-electron chi connectivity index (χ3n) is 18.2. The van der Waals surface area contributed by atoms with E-state index in [4.69, 9.17) is 32.3 Å². The number of allylic oxidation sites excluding steroid dienone is 20. The molecule has 0 spiro atoms. The summed E-state index contributed by atoms with van der Waals surface area (Å²) < 4.78 is 61.2. The van der Waals surface area contributed by atoms with Crippen molar-refractivity contribution in [1.29, 1.82) is 0 Å². The lowest BCUT2D eigenvalue weighted by molar-refractivity contribution is -0.161. The van der Waals surface area contributed by atoms with E-state index in [-0.39, 0.29) is 19.3 Å². The van der Waals surface area contributed by atoms with Gasteiger partial charge in [0.25, 0.3) is 0 Å². The van der Waals surface area contributed by atoms with E-state index in [9.17, 15) is 43.5 Å². The van der Waals surface area contributed by atoms with Gasteiger partial charge < -0.3 is 34.2 Å². The van der Waals surface area contributed by atoms with Gasteiger partial charge in [-0.05, 0) is 116 Å². The standard InChI is InChI=1S/C89H156O16P2/c1-4-7-10-13-16-19-22-25-28-30-32-34-35-36-37-38-39-40-41-42-43-44-45-46-47-49-51-52-55-57-60-63-66-69-72-75-87(92)99-78-84(90)79-101-106(95,96)102-80-85(91)81-103-107(97,98)104-83-86(105-89(94)77-74-71-68-65-62-59-54-27-24-21-18-15-12-9-6-3)82-100-88(93)76-73-70-67-64-61-58-56-53-50-48-33-31-29-26-23-20-17-14-11-8-5-2/h8,11,16-17,19-20,25-26,28-29,32-34,36-37,48,53,56,61,64,84-86,90-91H,4-7,9-10,12-15,18,21-24,27,30-31,35,38-47,49-52,54-55,57-60,62-63,65-83H2,1-3H3,(H,95,96)(H,97,98)/b11-8-,19-16-,20-17-,28-25-,29-26-,34-32-,37-36-,48-33-,56-53-,64-61-. The van der Waals surface area contributed by atoms with Crippen LogP contribution in [0.2, 0.25) is 0 Å². The minimum absolute atomic E-state index is 0.0967. The molecule has 18 heteroatoms. The van der Waals surface area contributed by atoms with Crippen LogP contribution in [0.1, 0.15) is 367 Å². The molecule has 0 aliphatic rings. The number of aliphatic hydroxyl groups is 2. The van der Waals surface area contributed by atoms with Gasteiger partial charge in [-0.15, -0.1) is 0 Å². The molecule has 0 saturated heterocycles. The molecule has 4 N–H and O–H groups in total. The van der Waals surface area contributed by atoms with Crippen molar-refractivity contribution in [1.82, 2.24) is 0 Å². The molecular formula is C89H156O16P2. The quantitative estimate of drug-likeness (QED) is 0.0146. The zero-order chi connectivity index (χ0) is 78.0. The van der Waals surface area contributed by atoms with Gasteiger partial charge in [-0.3, -0.25) is 32.5 Å². The Morgan fingerprint density at radius 3 is 0.822 bits per heavy atom. The SMILES string of the molecule is CC/C=C\C/C=C\C/C=C\C/C=C\C/C=C\C/C=C\CCCCC(=O)OCC(COP(=O)(O)OCC(O)COP(=O)(O)OCC(O)COC(=O)CCCCCCCCCCCCCCCCCCCCC/C=C\C/C=C\C/C=C\C/C=C\CCCCC)OC(=O)CCCCCCCCCCCCCCCCC. The molecular weight excluding hydrogens is 1390 g/mol. The molecule has 0 aromatic rings. The highest BCUT2D eigenvalue weighted by atomic mass is 31.2. The Hall–Kier alpha value is -4.05. The van der Waals surface area contributed by atoms with Crippen molar-refractivity contribution in [2.24, 2.45) is 0 Å². The van der Waals surface area contributed by atoms with E-state index in [0.29, 0.717) is 19.3 Å². The first-order valence-corrected chi connectivity index (χ1v) is 45.8. The zero-order valence-electron chi connectivity index (χ0n) is 67.8. The van der Waals surface area contributed by atoms with Crippen molar-refractivity contribution in [3.8, 4) is 0 Å². The number of carbonyl (C=O) groups excluding carboxylic acids is 3. The highest BCUT2D eigenvalue weighted by Crippen LogP contribution is 2.45. The minimum atomic E-state index is -4.94. The van der Waals surface area contributed by atoms with Gasteiger partial charge in [-0.1, -0.05) is 354 Å². The number of phosphoric ester groups is 2. The fourth-order valence-electron chi connectivity index (χ4n) is 11.7. The van der Waals surface area contributed by atoms with Crippen molar-refractivity contribution in [2.75, 3.05) is 39.6 Å². The monoisotopic (exact) mass is 1540 g/mol.